The first-order chi connectivity index (χ1) is 7.15. The maximum absolute atomic E-state index is 10.5. The van der Waals surface area contributed by atoms with Crippen LogP contribution in [0.4, 0.5) is 10.5 Å². The zero-order valence-corrected chi connectivity index (χ0v) is 8.51. The number of anilines is 1. The lowest BCUT2D eigenvalue weighted by molar-refractivity contribution is 0.0889. The van der Waals surface area contributed by atoms with E-state index in [0.717, 1.165) is 11.4 Å². The number of primary amides is 1. The lowest BCUT2D eigenvalue weighted by atomic mass is 10.1. The fourth-order valence-corrected chi connectivity index (χ4v) is 1.62. The number of carbonyl (C=O) groups is 1. The van der Waals surface area contributed by atoms with E-state index >= 15 is 0 Å². The van der Waals surface area contributed by atoms with Crippen LogP contribution in [0.25, 0.3) is 0 Å². The fraction of sp³-hybridized carbons (Fsp3) is 0.400. The van der Waals surface area contributed by atoms with Crippen molar-refractivity contribution in [3.63, 3.8) is 0 Å². The molecule has 0 radical (unpaired) electrons. The highest BCUT2D eigenvalue weighted by Gasteiger charge is 2.29. The minimum absolute atomic E-state index is 0.0732. The Hall–Kier alpha value is -1.78. The van der Waals surface area contributed by atoms with Crippen molar-refractivity contribution in [2.24, 2.45) is 5.73 Å². The van der Waals surface area contributed by atoms with Crippen LogP contribution >= 0.6 is 0 Å². The molecule has 0 aliphatic carbocycles. The number of ether oxygens (including phenoxy) is 1. The first-order valence-corrected chi connectivity index (χ1v) is 4.79. The Balaban J connectivity index is 1.92. The molecule has 0 spiro atoms. The van der Waals surface area contributed by atoms with Gasteiger partial charge in [-0.15, -0.1) is 0 Å². The van der Waals surface area contributed by atoms with E-state index in [9.17, 15) is 4.79 Å². The van der Waals surface area contributed by atoms with Gasteiger partial charge in [0.05, 0.1) is 13.1 Å². The molecular weight excluding hydrogens is 194 g/mol. The van der Waals surface area contributed by atoms with Crippen molar-refractivity contribution in [2.45, 2.75) is 13.0 Å². The molecule has 1 aliphatic heterocycles. The Morgan fingerprint density at radius 2 is 2.40 bits per heavy atom. The van der Waals surface area contributed by atoms with Gasteiger partial charge in [-0.05, 0) is 19.1 Å². The van der Waals surface area contributed by atoms with Gasteiger partial charge in [-0.1, -0.05) is 0 Å². The van der Waals surface area contributed by atoms with Crippen molar-refractivity contribution >= 4 is 11.8 Å². The monoisotopic (exact) mass is 207 g/mol. The molecule has 1 aliphatic rings. The van der Waals surface area contributed by atoms with Gasteiger partial charge in [-0.25, -0.2) is 4.79 Å². The number of nitrogens with zero attached hydrogens (tertiary/aromatic N) is 2. The van der Waals surface area contributed by atoms with E-state index in [0.29, 0.717) is 13.1 Å². The highest BCUT2D eigenvalue weighted by molar-refractivity contribution is 5.65. The number of aromatic nitrogens is 1. The van der Waals surface area contributed by atoms with Gasteiger partial charge in [0.15, 0.2) is 0 Å². The minimum Gasteiger partial charge on any atom is -0.443 e. The molecule has 0 aromatic carbocycles. The van der Waals surface area contributed by atoms with Crippen LogP contribution in [0.1, 0.15) is 5.69 Å². The molecule has 2 heterocycles. The van der Waals surface area contributed by atoms with Gasteiger partial charge in [0.25, 0.3) is 0 Å². The summed E-state index contributed by atoms with van der Waals surface area (Å²) in [6.07, 6.45) is 0.994. The van der Waals surface area contributed by atoms with Crippen molar-refractivity contribution in [1.82, 2.24) is 4.98 Å². The van der Waals surface area contributed by atoms with Crippen LogP contribution in [0.2, 0.25) is 0 Å². The van der Waals surface area contributed by atoms with Crippen LogP contribution in [-0.2, 0) is 4.74 Å². The number of rotatable bonds is 2. The van der Waals surface area contributed by atoms with E-state index in [2.05, 4.69) is 9.88 Å². The second-order valence-corrected chi connectivity index (χ2v) is 3.62. The first-order valence-electron chi connectivity index (χ1n) is 4.79. The predicted molar refractivity (Wildman–Crippen MR) is 55.6 cm³/mol. The number of pyridine rings is 1. The Morgan fingerprint density at radius 1 is 1.67 bits per heavy atom. The van der Waals surface area contributed by atoms with Crippen LogP contribution in [0, 0.1) is 6.92 Å². The largest absolute Gasteiger partial charge is 0.443 e. The van der Waals surface area contributed by atoms with Crippen LogP contribution in [0.3, 0.4) is 0 Å². The van der Waals surface area contributed by atoms with Gasteiger partial charge in [0, 0.05) is 17.6 Å². The van der Waals surface area contributed by atoms with Crippen LogP contribution < -0.4 is 10.6 Å². The average molecular weight is 207 g/mol. The number of nitrogens with two attached hydrogens (primary N) is 1. The average Bonchev–Trinajstić information content (AvgIpc) is 2.10. The smallest absolute Gasteiger partial charge is 0.404 e. The van der Waals surface area contributed by atoms with Crippen LogP contribution in [-0.4, -0.2) is 30.3 Å². The summed E-state index contributed by atoms with van der Waals surface area (Å²) in [7, 11) is 0. The standard InChI is InChI=1S/C10H13N3O2/c1-7-4-8(2-3-12-7)13-5-9(6-13)15-10(11)14/h2-4,9H,5-6H2,1H3,(H2,11,14). The first kappa shape index (κ1) is 9.76. The van der Waals surface area contributed by atoms with Crippen molar-refractivity contribution in [3.05, 3.63) is 24.0 Å². The van der Waals surface area contributed by atoms with Crippen molar-refractivity contribution in [1.29, 1.82) is 0 Å². The molecule has 0 saturated carbocycles. The summed E-state index contributed by atoms with van der Waals surface area (Å²) in [6.45, 7) is 3.35. The summed E-state index contributed by atoms with van der Waals surface area (Å²) in [5.74, 6) is 0. The van der Waals surface area contributed by atoms with Crippen molar-refractivity contribution < 1.29 is 9.53 Å². The van der Waals surface area contributed by atoms with E-state index in [1.165, 1.54) is 0 Å². The molecule has 1 amide bonds. The molecular formula is C10H13N3O2. The number of amides is 1. The number of hydrogen-bond donors (Lipinski definition) is 1. The lowest BCUT2D eigenvalue weighted by Crippen LogP contribution is -2.53. The van der Waals surface area contributed by atoms with Gasteiger partial charge in [-0.2, -0.15) is 0 Å². The molecule has 1 aromatic heterocycles. The summed E-state index contributed by atoms with van der Waals surface area (Å²) in [5.41, 5.74) is 7.00. The molecule has 1 saturated heterocycles. The zero-order valence-electron chi connectivity index (χ0n) is 8.51. The maximum atomic E-state index is 10.5. The molecule has 0 bridgehead atoms. The lowest BCUT2D eigenvalue weighted by Gasteiger charge is -2.39. The summed E-state index contributed by atoms with van der Waals surface area (Å²) < 4.78 is 4.85. The van der Waals surface area contributed by atoms with Gasteiger partial charge in [-0.3, -0.25) is 4.98 Å². The van der Waals surface area contributed by atoms with Gasteiger partial charge >= 0.3 is 6.09 Å². The predicted octanol–water partition coefficient (Wildman–Crippen LogP) is 0.674. The normalized spacial score (nSPS) is 15.9. The quantitative estimate of drug-likeness (QED) is 0.774. The Labute approximate surface area is 87.8 Å². The highest BCUT2D eigenvalue weighted by Crippen LogP contribution is 2.22. The van der Waals surface area contributed by atoms with E-state index in [4.69, 9.17) is 10.5 Å². The van der Waals surface area contributed by atoms with E-state index in [1.807, 2.05) is 19.1 Å². The topological polar surface area (TPSA) is 68.5 Å². The Morgan fingerprint density at radius 3 is 3.00 bits per heavy atom. The zero-order chi connectivity index (χ0) is 10.8. The third-order valence-corrected chi connectivity index (χ3v) is 2.38. The molecule has 80 valence electrons. The molecule has 2 N–H and O–H groups in total. The SMILES string of the molecule is Cc1cc(N2CC(OC(N)=O)C2)ccn1. The molecule has 5 heteroatoms. The molecule has 1 aromatic rings. The summed E-state index contributed by atoms with van der Waals surface area (Å²) in [5, 5.41) is 0. The molecule has 1 fully saturated rings. The molecule has 0 unspecified atom stereocenters. The molecule has 15 heavy (non-hydrogen) atoms. The minimum atomic E-state index is -0.703. The second-order valence-electron chi connectivity index (χ2n) is 3.62. The fourth-order valence-electron chi connectivity index (χ4n) is 1.62. The van der Waals surface area contributed by atoms with E-state index < -0.39 is 6.09 Å². The maximum Gasteiger partial charge on any atom is 0.404 e. The third kappa shape index (κ3) is 2.18. The molecule has 5 nitrogen and oxygen atoms in total. The van der Waals surface area contributed by atoms with Crippen molar-refractivity contribution in [2.75, 3.05) is 18.0 Å². The number of aryl methyl sites for hydroxylation is 1. The number of carbonyl (C=O) groups excluding carboxylic acids is 1. The van der Waals surface area contributed by atoms with Crippen molar-refractivity contribution in [3.8, 4) is 0 Å². The van der Waals surface area contributed by atoms with Gasteiger partial charge in [0.1, 0.15) is 6.10 Å². The van der Waals surface area contributed by atoms with E-state index in [1.54, 1.807) is 6.20 Å². The Bertz CT molecular complexity index is 375. The summed E-state index contributed by atoms with van der Waals surface area (Å²) in [4.78, 5) is 16.7. The van der Waals surface area contributed by atoms with Crippen LogP contribution in [0.15, 0.2) is 18.3 Å². The molecule has 2 rings (SSSR count). The van der Waals surface area contributed by atoms with Crippen LogP contribution in [0.5, 0.6) is 0 Å². The number of hydrogen-bond acceptors (Lipinski definition) is 4. The summed E-state index contributed by atoms with van der Waals surface area (Å²) in [6, 6.07) is 3.94. The second kappa shape index (κ2) is 3.76. The van der Waals surface area contributed by atoms with Gasteiger partial charge < -0.3 is 15.4 Å². The van der Waals surface area contributed by atoms with Gasteiger partial charge in [0.2, 0.25) is 0 Å². The van der Waals surface area contributed by atoms with E-state index in [-0.39, 0.29) is 6.10 Å². The Kier molecular flexibility index (Phi) is 2.45. The molecule has 0 atom stereocenters. The summed E-state index contributed by atoms with van der Waals surface area (Å²) >= 11 is 0. The highest BCUT2D eigenvalue weighted by atomic mass is 16.6. The third-order valence-electron chi connectivity index (χ3n) is 2.38.